The normalized spacial score (nSPS) is 18.0. The molecule has 114 valence electrons. The Morgan fingerprint density at radius 2 is 1.68 bits per heavy atom. The Morgan fingerprint density at radius 1 is 1.14 bits per heavy atom. The van der Waals surface area contributed by atoms with E-state index < -0.39 is 28.2 Å². The van der Waals surface area contributed by atoms with Crippen LogP contribution in [0.5, 0.6) is 0 Å². The average Bonchev–Trinajstić information content (AvgIpc) is 2.74. The maximum Gasteiger partial charge on any atom is 0.296 e. The summed E-state index contributed by atoms with van der Waals surface area (Å²) in [7, 11) is 0. The van der Waals surface area contributed by atoms with Crippen molar-refractivity contribution in [3.63, 3.8) is 0 Å². The van der Waals surface area contributed by atoms with Crippen molar-refractivity contribution in [1.29, 1.82) is 0 Å². The summed E-state index contributed by atoms with van der Waals surface area (Å²) in [5.41, 5.74) is -0.166. The Hall–Kier alpha value is -2.28. The summed E-state index contributed by atoms with van der Waals surface area (Å²) in [6, 6.07) is 1.57. The second-order valence-corrected chi connectivity index (χ2v) is 5.53. The number of anilines is 1. The SMILES string of the molecule is O=C1C2=C(CCCC2)C(=O)N1c1cc(Cl)c(F)cc1[N+](=O)[O-]. The number of benzene rings is 1. The minimum Gasteiger partial charge on any atom is -0.269 e. The van der Waals surface area contributed by atoms with E-state index in [1.54, 1.807) is 0 Å². The van der Waals surface area contributed by atoms with Crippen molar-refractivity contribution < 1.29 is 18.9 Å². The molecule has 0 atom stereocenters. The van der Waals surface area contributed by atoms with Crippen LogP contribution in [0.15, 0.2) is 23.3 Å². The van der Waals surface area contributed by atoms with Crippen LogP contribution in [-0.4, -0.2) is 16.7 Å². The van der Waals surface area contributed by atoms with Gasteiger partial charge in [0, 0.05) is 11.1 Å². The number of amides is 2. The number of nitro benzene ring substituents is 1. The summed E-state index contributed by atoms with van der Waals surface area (Å²) in [6.07, 6.45) is 2.52. The van der Waals surface area contributed by atoms with E-state index in [2.05, 4.69) is 0 Å². The predicted molar refractivity (Wildman–Crippen MR) is 76.1 cm³/mol. The van der Waals surface area contributed by atoms with Gasteiger partial charge in [0.05, 0.1) is 16.0 Å². The number of carbonyl (C=O) groups is 2. The molecule has 1 aromatic carbocycles. The summed E-state index contributed by atoms with van der Waals surface area (Å²) in [6.45, 7) is 0. The molecule has 1 aliphatic carbocycles. The monoisotopic (exact) mass is 324 g/mol. The van der Waals surface area contributed by atoms with Crippen LogP contribution in [0.1, 0.15) is 25.7 Å². The van der Waals surface area contributed by atoms with E-state index in [1.165, 1.54) is 0 Å². The summed E-state index contributed by atoms with van der Waals surface area (Å²) >= 11 is 5.66. The van der Waals surface area contributed by atoms with E-state index in [-0.39, 0.29) is 10.7 Å². The van der Waals surface area contributed by atoms with Crippen LogP contribution in [0.25, 0.3) is 0 Å². The van der Waals surface area contributed by atoms with Crippen molar-refractivity contribution in [2.75, 3.05) is 4.90 Å². The van der Waals surface area contributed by atoms with Gasteiger partial charge in [0.25, 0.3) is 17.5 Å². The second-order valence-electron chi connectivity index (χ2n) is 5.12. The lowest BCUT2D eigenvalue weighted by Crippen LogP contribution is -2.32. The summed E-state index contributed by atoms with van der Waals surface area (Å²) in [5.74, 6) is -2.13. The van der Waals surface area contributed by atoms with Crippen molar-refractivity contribution in [3.05, 3.63) is 44.2 Å². The van der Waals surface area contributed by atoms with Gasteiger partial charge in [0.15, 0.2) is 0 Å². The Bertz CT molecular complexity index is 731. The molecule has 8 heteroatoms. The molecule has 6 nitrogen and oxygen atoms in total. The zero-order valence-electron chi connectivity index (χ0n) is 11.3. The van der Waals surface area contributed by atoms with E-state index in [1.807, 2.05) is 0 Å². The fourth-order valence-electron chi connectivity index (χ4n) is 2.81. The van der Waals surface area contributed by atoms with Crippen LogP contribution in [0.4, 0.5) is 15.8 Å². The first-order valence-electron chi connectivity index (χ1n) is 6.66. The van der Waals surface area contributed by atoms with Gasteiger partial charge in [-0.1, -0.05) is 11.6 Å². The van der Waals surface area contributed by atoms with Crippen LogP contribution < -0.4 is 4.90 Å². The molecule has 0 saturated heterocycles. The number of nitro groups is 1. The molecule has 1 aliphatic heterocycles. The van der Waals surface area contributed by atoms with E-state index in [9.17, 15) is 24.1 Å². The van der Waals surface area contributed by atoms with Gasteiger partial charge in [0.2, 0.25) is 0 Å². The number of hydrogen-bond acceptors (Lipinski definition) is 4. The fourth-order valence-corrected chi connectivity index (χ4v) is 2.97. The van der Waals surface area contributed by atoms with Crippen molar-refractivity contribution in [1.82, 2.24) is 0 Å². The first kappa shape index (κ1) is 14.6. The van der Waals surface area contributed by atoms with E-state index in [0.29, 0.717) is 30.1 Å². The van der Waals surface area contributed by atoms with Crippen LogP contribution in [0.3, 0.4) is 0 Å². The van der Waals surface area contributed by atoms with Gasteiger partial charge < -0.3 is 0 Å². The smallest absolute Gasteiger partial charge is 0.269 e. The Morgan fingerprint density at radius 3 is 2.18 bits per heavy atom. The number of rotatable bonds is 2. The number of halogens is 2. The fraction of sp³-hybridized carbons (Fsp3) is 0.286. The molecular weight excluding hydrogens is 315 g/mol. The van der Waals surface area contributed by atoms with Gasteiger partial charge >= 0.3 is 0 Å². The molecule has 0 aromatic heterocycles. The molecule has 2 amide bonds. The largest absolute Gasteiger partial charge is 0.296 e. The molecule has 0 radical (unpaired) electrons. The van der Waals surface area contributed by atoms with Gasteiger partial charge in [-0.3, -0.25) is 19.7 Å². The molecular formula is C14H10ClFN2O4. The first-order valence-corrected chi connectivity index (χ1v) is 7.04. The topological polar surface area (TPSA) is 80.5 Å². The lowest BCUT2D eigenvalue weighted by Gasteiger charge is -2.15. The molecule has 0 unspecified atom stereocenters. The third-order valence-corrected chi connectivity index (χ3v) is 4.14. The van der Waals surface area contributed by atoms with Gasteiger partial charge in [-0.05, 0) is 31.7 Å². The molecule has 1 heterocycles. The number of imide groups is 1. The molecule has 2 aliphatic rings. The average molecular weight is 325 g/mol. The van der Waals surface area contributed by atoms with Crippen LogP contribution in [0, 0.1) is 15.9 Å². The maximum atomic E-state index is 13.5. The molecule has 0 saturated carbocycles. The Balaban J connectivity index is 2.13. The number of nitrogens with zero attached hydrogens (tertiary/aromatic N) is 2. The highest BCUT2D eigenvalue weighted by Crippen LogP contribution is 2.40. The summed E-state index contributed by atoms with van der Waals surface area (Å²) in [4.78, 5) is 35.8. The van der Waals surface area contributed by atoms with Crippen LogP contribution in [0.2, 0.25) is 5.02 Å². The molecule has 0 spiro atoms. The highest BCUT2D eigenvalue weighted by atomic mass is 35.5. The van der Waals surface area contributed by atoms with Crippen molar-refractivity contribution in [3.8, 4) is 0 Å². The third-order valence-electron chi connectivity index (χ3n) is 3.85. The Kier molecular flexibility index (Phi) is 3.44. The predicted octanol–water partition coefficient (Wildman–Crippen LogP) is 3.13. The first-order chi connectivity index (χ1) is 10.4. The van der Waals surface area contributed by atoms with Gasteiger partial charge in [-0.25, -0.2) is 9.29 Å². The third kappa shape index (κ3) is 2.09. The quantitative estimate of drug-likeness (QED) is 0.475. The van der Waals surface area contributed by atoms with Gasteiger partial charge in [0.1, 0.15) is 11.5 Å². The zero-order chi connectivity index (χ0) is 16.0. The van der Waals surface area contributed by atoms with Crippen molar-refractivity contribution >= 4 is 34.8 Å². The minimum atomic E-state index is -0.978. The maximum absolute atomic E-state index is 13.5. The van der Waals surface area contributed by atoms with E-state index in [0.717, 1.165) is 23.8 Å². The number of carbonyl (C=O) groups excluding carboxylic acids is 2. The summed E-state index contributed by atoms with van der Waals surface area (Å²) < 4.78 is 13.5. The van der Waals surface area contributed by atoms with Crippen molar-refractivity contribution in [2.24, 2.45) is 0 Å². The standard InChI is InChI=1S/C14H10ClFN2O4/c15-9-5-11(12(18(21)22)6-10(9)16)17-13(19)7-3-1-2-4-8(7)14(17)20/h5-6H,1-4H2. The van der Waals surface area contributed by atoms with E-state index in [4.69, 9.17) is 11.6 Å². The summed E-state index contributed by atoms with van der Waals surface area (Å²) in [5, 5.41) is 10.7. The highest BCUT2D eigenvalue weighted by molar-refractivity contribution is 6.35. The highest BCUT2D eigenvalue weighted by Gasteiger charge is 2.42. The van der Waals surface area contributed by atoms with Gasteiger partial charge in [-0.2, -0.15) is 0 Å². The Labute approximate surface area is 129 Å². The van der Waals surface area contributed by atoms with Crippen LogP contribution >= 0.6 is 11.6 Å². The van der Waals surface area contributed by atoms with Crippen LogP contribution in [-0.2, 0) is 9.59 Å². The molecule has 22 heavy (non-hydrogen) atoms. The second kappa shape index (κ2) is 5.17. The van der Waals surface area contributed by atoms with Crippen molar-refractivity contribution in [2.45, 2.75) is 25.7 Å². The zero-order valence-corrected chi connectivity index (χ0v) is 12.0. The molecule has 0 fully saturated rings. The lowest BCUT2D eigenvalue weighted by molar-refractivity contribution is -0.384. The molecule has 3 rings (SSSR count). The number of hydrogen-bond donors (Lipinski definition) is 0. The van der Waals surface area contributed by atoms with Gasteiger partial charge in [-0.15, -0.1) is 0 Å². The molecule has 0 N–H and O–H groups in total. The lowest BCUT2D eigenvalue weighted by atomic mass is 9.93. The van der Waals surface area contributed by atoms with E-state index >= 15 is 0 Å². The molecule has 0 bridgehead atoms. The minimum absolute atomic E-state index is 0.291. The molecule has 1 aromatic rings.